The van der Waals surface area contributed by atoms with Crippen molar-refractivity contribution in [2.24, 2.45) is 0 Å². The smallest absolute Gasteiger partial charge is 0.120 e. The molecule has 21 heavy (non-hydrogen) atoms. The second-order valence-corrected chi connectivity index (χ2v) is 6.85. The van der Waals surface area contributed by atoms with E-state index in [1.54, 1.807) is 0 Å². The first-order chi connectivity index (χ1) is 9.89. The summed E-state index contributed by atoms with van der Waals surface area (Å²) < 4.78 is 12.0. The lowest BCUT2D eigenvalue weighted by molar-refractivity contribution is -0.131. The molecule has 0 aliphatic carbocycles. The van der Waals surface area contributed by atoms with Crippen molar-refractivity contribution in [1.29, 1.82) is 0 Å². The lowest BCUT2D eigenvalue weighted by Gasteiger charge is -2.41. The van der Waals surface area contributed by atoms with Crippen LogP contribution in [0.4, 0.5) is 0 Å². The van der Waals surface area contributed by atoms with Crippen LogP contribution in [0.2, 0.25) is 0 Å². The molecular weight excluding hydrogens is 264 g/mol. The Morgan fingerprint density at radius 2 is 2.19 bits per heavy atom. The zero-order chi connectivity index (χ0) is 15.5. The average Bonchev–Trinajstić information content (AvgIpc) is 2.67. The molecule has 1 fully saturated rings. The van der Waals surface area contributed by atoms with Crippen LogP contribution in [0.25, 0.3) is 0 Å². The first kappa shape index (κ1) is 16.5. The van der Waals surface area contributed by atoms with E-state index in [1.165, 1.54) is 5.56 Å². The van der Waals surface area contributed by atoms with Crippen LogP contribution in [-0.2, 0) is 17.8 Å². The van der Waals surface area contributed by atoms with E-state index in [9.17, 15) is 0 Å². The summed E-state index contributed by atoms with van der Waals surface area (Å²) in [7, 11) is 0. The minimum absolute atomic E-state index is 0.0786. The fraction of sp³-hybridized carbons (Fsp3) is 0.765. The summed E-state index contributed by atoms with van der Waals surface area (Å²) in [5.41, 5.74) is 1.17. The van der Waals surface area contributed by atoms with Gasteiger partial charge >= 0.3 is 0 Å². The number of hydrogen-bond acceptors (Lipinski definition) is 4. The average molecular weight is 294 g/mol. The highest BCUT2D eigenvalue weighted by molar-refractivity contribution is 5.20. The molecule has 0 bridgehead atoms. The van der Waals surface area contributed by atoms with Gasteiger partial charge in [-0.05, 0) is 52.3 Å². The predicted octanol–water partition coefficient (Wildman–Crippen LogP) is 3.09. The maximum absolute atomic E-state index is 6.02. The molecule has 1 aliphatic heterocycles. The lowest BCUT2D eigenvalue weighted by Crippen LogP contribution is -2.51. The maximum atomic E-state index is 6.02. The van der Waals surface area contributed by atoms with Gasteiger partial charge in [0.05, 0.1) is 24.8 Å². The maximum Gasteiger partial charge on any atom is 0.120 e. The zero-order valence-electron chi connectivity index (χ0n) is 14.2. The molecule has 1 aromatic heterocycles. The van der Waals surface area contributed by atoms with Crippen LogP contribution in [0.5, 0.6) is 0 Å². The molecule has 1 saturated heterocycles. The fourth-order valence-corrected chi connectivity index (χ4v) is 3.15. The number of furan rings is 1. The second-order valence-electron chi connectivity index (χ2n) is 6.85. The minimum atomic E-state index is -0.0786. The number of hydrogen-bond donors (Lipinski definition) is 1. The summed E-state index contributed by atoms with van der Waals surface area (Å²) in [5, 5.41) is 3.40. The standard InChI is InChI=1S/C17H30N2O2/c1-6-7-18-9-16-13(2)8-15(20-16)11-19-10-14(3)21-17(4,5)12-19/h8,14,18H,6-7,9-12H2,1-5H3. The largest absolute Gasteiger partial charge is 0.463 e. The van der Waals surface area contributed by atoms with Crippen LogP contribution in [0, 0.1) is 6.92 Å². The van der Waals surface area contributed by atoms with Crippen LogP contribution in [-0.4, -0.2) is 36.2 Å². The summed E-state index contributed by atoms with van der Waals surface area (Å²) in [6, 6.07) is 2.18. The number of morpholine rings is 1. The van der Waals surface area contributed by atoms with Crippen LogP contribution in [0.15, 0.2) is 10.5 Å². The molecule has 0 aromatic carbocycles. The van der Waals surface area contributed by atoms with E-state index in [1.807, 2.05) is 0 Å². The van der Waals surface area contributed by atoms with Gasteiger partial charge in [0.25, 0.3) is 0 Å². The molecule has 2 heterocycles. The third-order valence-electron chi connectivity index (χ3n) is 3.80. The minimum Gasteiger partial charge on any atom is -0.463 e. The molecule has 2 rings (SSSR count). The monoisotopic (exact) mass is 294 g/mol. The summed E-state index contributed by atoms with van der Waals surface area (Å²) in [5.74, 6) is 2.13. The molecule has 4 heteroatoms. The molecule has 0 saturated carbocycles. The highest BCUT2D eigenvalue weighted by Crippen LogP contribution is 2.23. The van der Waals surface area contributed by atoms with E-state index in [4.69, 9.17) is 9.15 Å². The predicted molar refractivity (Wildman–Crippen MR) is 85.3 cm³/mol. The van der Waals surface area contributed by atoms with Gasteiger partial charge in [-0.1, -0.05) is 6.92 Å². The van der Waals surface area contributed by atoms with Crippen LogP contribution in [0.3, 0.4) is 0 Å². The SMILES string of the molecule is CCCNCc1oc(CN2CC(C)OC(C)(C)C2)cc1C. The first-order valence-corrected chi connectivity index (χ1v) is 8.08. The third kappa shape index (κ3) is 4.83. The molecule has 0 spiro atoms. The molecule has 4 nitrogen and oxygen atoms in total. The highest BCUT2D eigenvalue weighted by Gasteiger charge is 2.31. The van der Waals surface area contributed by atoms with Crippen molar-refractivity contribution in [2.45, 2.75) is 65.8 Å². The van der Waals surface area contributed by atoms with Crippen molar-refractivity contribution < 1.29 is 9.15 Å². The molecule has 1 N–H and O–H groups in total. The summed E-state index contributed by atoms with van der Waals surface area (Å²) in [4.78, 5) is 2.43. The third-order valence-corrected chi connectivity index (χ3v) is 3.80. The number of aryl methyl sites for hydroxylation is 1. The van der Waals surface area contributed by atoms with Crippen molar-refractivity contribution in [3.8, 4) is 0 Å². The van der Waals surface area contributed by atoms with Gasteiger partial charge in [-0.25, -0.2) is 0 Å². The summed E-state index contributed by atoms with van der Waals surface area (Å²) >= 11 is 0. The first-order valence-electron chi connectivity index (χ1n) is 8.08. The fourth-order valence-electron chi connectivity index (χ4n) is 3.15. The number of nitrogens with one attached hydrogen (secondary N) is 1. The summed E-state index contributed by atoms with van der Waals surface area (Å²) in [6.45, 7) is 15.4. The van der Waals surface area contributed by atoms with Gasteiger partial charge in [-0.2, -0.15) is 0 Å². The van der Waals surface area contributed by atoms with Gasteiger partial charge in [-0.15, -0.1) is 0 Å². The highest BCUT2D eigenvalue weighted by atomic mass is 16.5. The van der Waals surface area contributed by atoms with E-state index < -0.39 is 0 Å². The van der Waals surface area contributed by atoms with E-state index in [-0.39, 0.29) is 11.7 Å². The molecule has 1 unspecified atom stereocenters. The van der Waals surface area contributed by atoms with E-state index in [0.717, 1.165) is 50.7 Å². The topological polar surface area (TPSA) is 37.6 Å². The molecule has 1 aromatic rings. The summed E-state index contributed by atoms with van der Waals surface area (Å²) in [6.07, 6.45) is 1.42. The molecule has 1 aliphatic rings. The van der Waals surface area contributed by atoms with Gasteiger partial charge in [0.15, 0.2) is 0 Å². The Morgan fingerprint density at radius 1 is 1.43 bits per heavy atom. The van der Waals surface area contributed by atoms with Gasteiger partial charge in [0, 0.05) is 13.1 Å². The van der Waals surface area contributed by atoms with Crippen molar-refractivity contribution in [2.75, 3.05) is 19.6 Å². The Morgan fingerprint density at radius 3 is 2.86 bits per heavy atom. The van der Waals surface area contributed by atoms with Crippen LogP contribution < -0.4 is 5.32 Å². The molecule has 0 radical (unpaired) electrons. The van der Waals surface area contributed by atoms with Crippen LogP contribution in [0.1, 0.15) is 51.2 Å². The van der Waals surface area contributed by atoms with Crippen molar-refractivity contribution in [1.82, 2.24) is 10.2 Å². The van der Waals surface area contributed by atoms with E-state index >= 15 is 0 Å². The second kappa shape index (κ2) is 6.95. The Hall–Kier alpha value is -0.840. The van der Waals surface area contributed by atoms with E-state index in [0.29, 0.717) is 0 Å². The van der Waals surface area contributed by atoms with Gasteiger partial charge < -0.3 is 14.5 Å². The number of ether oxygens (including phenoxy) is 1. The van der Waals surface area contributed by atoms with Crippen molar-refractivity contribution in [3.05, 3.63) is 23.2 Å². The Kier molecular flexibility index (Phi) is 5.47. The number of nitrogens with zero attached hydrogens (tertiary/aromatic N) is 1. The zero-order valence-corrected chi connectivity index (χ0v) is 14.2. The molecule has 120 valence electrons. The van der Waals surface area contributed by atoms with Gasteiger partial charge in [0.2, 0.25) is 0 Å². The van der Waals surface area contributed by atoms with Gasteiger partial charge in [0.1, 0.15) is 11.5 Å². The van der Waals surface area contributed by atoms with Crippen LogP contribution >= 0.6 is 0 Å². The normalized spacial score (nSPS) is 22.6. The molecule has 1 atom stereocenters. The Labute approximate surface area is 128 Å². The van der Waals surface area contributed by atoms with Crippen molar-refractivity contribution >= 4 is 0 Å². The van der Waals surface area contributed by atoms with E-state index in [2.05, 4.69) is 50.9 Å². The van der Waals surface area contributed by atoms with Gasteiger partial charge in [-0.3, -0.25) is 4.90 Å². The molecule has 0 amide bonds. The lowest BCUT2D eigenvalue weighted by atomic mass is 10.1. The molecular formula is C17H30N2O2. The number of rotatable bonds is 6. The quantitative estimate of drug-likeness (QED) is 0.818. The Bertz CT molecular complexity index is 454. The Balaban J connectivity index is 1.95. The van der Waals surface area contributed by atoms with Crippen molar-refractivity contribution in [3.63, 3.8) is 0 Å².